The Morgan fingerprint density at radius 2 is 1.54 bits per heavy atom. The van der Waals surface area contributed by atoms with Crippen molar-refractivity contribution in [3.05, 3.63) is 89.0 Å². The molecule has 5 rings (SSSR count). The van der Waals surface area contributed by atoms with Crippen LogP contribution in [0, 0.1) is 0 Å². The third-order valence-electron chi connectivity index (χ3n) is 6.60. The summed E-state index contributed by atoms with van der Waals surface area (Å²) >= 11 is 0. The summed E-state index contributed by atoms with van der Waals surface area (Å²) in [5.41, 5.74) is 4.76. The SMILES string of the molecule is CNC(=O)c1ccc(-c2ccc(CNc3ccc4c(c3)C(=O)N(C3CCC(=O)NC3=O)C4=O)cc2)cc1. The van der Waals surface area contributed by atoms with E-state index in [9.17, 15) is 24.0 Å². The maximum absolute atomic E-state index is 13.0. The van der Waals surface area contributed by atoms with Crippen LogP contribution in [0.4, 0.5) is 5.69 Å². The Labute approximate surface area is 212 Å². The van der Waals surface area contributed by atoms with Crippen LogP contribution in [0.25, 0.3) is 11.1 Å². The molecule has 0 saturated carbocycles. The molecule has 1 saturated heterocycles. The molecule has 2 aliphatic heterocycles. The van der Waals surface area contributed by atoms with E-state index in [-0.39, 0.29) is 29.9 Å². The van der Waals surface area contributed by atoms with Crippen molar-refractivity contribution in [2.75, 3.05) is 12.4 Å². The van der Waals surface area contributed by atoms with Crippen LogP contribution in [0.1, 0.15) is 49.5 Å². The maximum atomic E-state index is 13.0. The largest absolute Gasteiger partial charge is 0.381 e. The lowest BCUT2D eigenvalue weighted by molar-refractivity contribution is -0.136. The molecular weight excluding hydrogens is 472 g/mol. The summed E-state index contributed by atoms with van der Waals surface area (Å²) < 4.78 is 0. The van der Waals surface area contributed by atoms with E-state index in [1.54, 1.807) is 37.4 Å². The fourth-order valence-electron chi connectivity index (χ4n) is 4.56. The lowest BCUT2D eigenvalue weighted by atomic mass is 10.0. The van der Waals surface area contributed by atoms with Crippen LogP contribution in [0.3, 0.4) is 0 Å². The predicted molar refractivity (Wildman–Crippen MR) is 136 cm³/mol. The van der Waals surface area contributed by atoms with Crippen molar-refractivity contribution >= 4 is 35.2 Å². The average Bonchev–Trinajstić information content (AvgIpc) is 3.16. The van der Waals surface area contributed by atoms with Gasteiger partial charge < -0.3 is 10.6 Å². The molecule has 0 radical (unpaired) electrons. The molecule has 5 amide bonds. The normalized spacial score (nSPS) is 16.9. The number of fused-ring (bicyclic) bond motifs is 1. The van der Waals surface area contributed by atoms with E-state index >= 15 is 0 Å². The third-order valence-corrected chi connectivity index (χ3v) is 6.60. The number of piperidine rings is 1. The van der Waals surface area contributed by atoms with Gasteiger partial charge >= 0.3 is 0 Å². The minimum atomic E-state index is -0.986. The fraction of sp³-hybridized carbons (Fsp3) is 0.179. The van der Waals surface area contributed by atoms with Gasteiger partial charge in [-0.1, -0.05) is 36.4 Å². The monoisotopic (exact) mass is 496 g/mol. The van der Waals surface area contributed by atoms with Crippen LogP contribution in [0.5, 0.6) is 0 Å². The molecule has 186 valence electrons. The predicted octanol–water partition coefficient (Wildman–Crippen LogP) is 2.73. The zero-order chi connectivity index (χ0) is 26.1. The number of nitrogens with zero attached hydrogens (tertiary/aromatic N) is 1. The first-order valence-electron chi connectivity index (χ1n) is 11.9. The molecule has 0 spiro atoms. The van der Waals surface area contributed by atoms with Gasteiger partial charge in [-0.2, -0.15) is 0 Å². The highest BCUT2D eigenvalue weighted by molar-refractivity contribution is 6.23. The van der Waals surface area contributed by atoms with E-state index in [1.807, 2.05) is 36.4 Å². The summed E-state index contributed by atoms with van der Waals surface area (Å²) in [4.78, 5) is 62.2. The number of rotatable bonds is 6. The Hall–Kier alpha value is -4.79. The van der Waals surface area contributed by atoms with Crippen molar-refractivity contribution in [3.63, 3.8) is 0 Å². The van der Waals surface area contributed by atoms with Gasteiger partial charge in [-0.3, -0.25) is 34.2 Å². The molecule has 3 N–H and O–H groups in total. The summed E-state index contributed by atoms with van der Waals surface area (Å²) in [6.07, 6.45) is 0.201. The first-order chi connectivity index (χ1) is 17.9. The van der Waals surface area contributed by atoms with Gasteiger partial charge in [0.05, 0.1) is 11.1 Å². The Kier molecular flexibility index (Phi) is 6.27. The van der Waals surface area contributed by atoms with E-state index in [4.69, 9.17) is 0 Å². The summed E-state index contributed by atoms with van der Waals surface area (Å²) in [7, 11) is 1.60. The van der Waals surface area contributed by atoms with Gasteiger partial charge in [0.1, 0.15) is 6.04 Å². The summed E-state index contributed by atoms with van der Waals surface area (Å²) in [5, 5.41) is 8.07. The van der Waals surface area contributed by atoms with Crippen LogP contribution >= 0.6 is 0 Å². The molecule has 37 heavy (non-hydrogen) atoms. The zero-order valence-corrected chi connectivity index (χ0v) is 20.0. The van der Waals surface area contributed by atoms with Gasteiger partial charge in [0.15, 0.2) is 0 Å². The van der Waals surface area contributed by atoms with Gasteiger partial charge in [0.25, 0.3) is 17.7 Å². The molecule has 0 bridgehead atoms. The van der Waals surface area contributed by atoms with Crippen molar-refractivity contribution in [1.82, 2.24) is 15.5 Å². The van der Waals surface area contributed by atoms with E-state index < -0.39 is 29.7 Å². The van der Waals surface area contributed by atoms with Crippen molar-refractivity contribution in [1.29, 1.82) is 0 Å². The highest BCUT2D eigenvalue weighted by Crippen LogP contribution is 2.30. The summed E-state index contributed by atoms with van der Waals surface area (Å²) in [6, 6.07) is 19.3. The first-order valence-corrected chi connectivity index (χ1v) is 11.9. The van der Waals surface area contributed by atoms with E-state index in [0.29, 0.717) is 17.8 Å². The number of anilines is 1. The number of benzene rings is 3. The molecule has 0 aliphatic carbocycles. The number of imide groups is 2. The second kappa shape index (κ2) is 9.69. The molecule has 3 aromatic carbocycles. The minimum Gasteiger partial charge on any atom is -0.381 e. The van der Waals surface area contributed by atoms with Crippen LogP contribution in [0.2, 0.25) is 0 Å². The molecule has 2 aliphatic rings. The standard InChI is InChI=1S/C28H24N4O5/c1-29-25(34)19-8-6-18(7-9-19)17-4-2-16(3-5-17)15-30-20-10-11-21-22(14-20)28(37)32(27(21)36)23-12-13-24(33)31-26(23)35/h2-11,14,23,30H,12-13,15H2,1H3,(H,29,34)(H,31,33,35). The Balaban J connectivity index is 1.25. The van der Waals surface area contributed by atoms with Gasteiger partial charge in [-0.15, -0.1) is 0 Å². The van der Waals surface area contributed by atoms with E-state index in [0.717, 1.165) is 21.6 Å². The highest BCUT2D eigenvalue weighted by Gasteiger charge is 2.44. The van der Waals surface area contributed by atoms with Crippen LogP contribution in [-0.2, 0) is 16.1 Å². The molecule has 1 unspecified atom stereocenters. The number of amides is 5. The second-order valence-electron chi connectivity index (χ2n) is 8.91. The van der Waals surface area contributed by atoms with Crippen molar-refractivity contribution in [2.24, 2.45) is 0 Å². The van der Waals surface area contributed by atoms with E-state index in [1.165, 1.54) is 0 Å². The fourth-order valence-corrected chi connectivity index (χ4v) is 4.56. The average molecular weight is 497 g/mol. The number of hydrogen-bond acceptors (Lipinski definition) is 6. The van der Waals surface area contributed by atoms with Crippen LogP contribution in [-0.4, -0.2) is 47.5 Å². The lowest BCUT2D eigenvalue weighted by Gasteiger charge is -2.27. The van der Waals surface area contributed by atoms with Crippen LogP contribution < -0.4 is 16.0 Å². The molecule has 3 aromatic rings. The third kappa shape index (κ3) is 4.58. The number of carbonyl (C=O) groups excluding carboxylic acids is 5. The summed E-state index contributed by atoms with van der Waals surface area (Å²) in [5.74, 6) is -2.23. The van der Waals surface area contributed by atoms with Crippen LogP contribution in [0.15, 0.2) is 66.7 Å². The Morgan fingerprint density at radius 3 is 2.19 bits per heavy atom. The Morgan fingerprint density at radius 1 is 0.892 bits per heavy atom. The smallest absolute Gasteiger partial charge is 0.262 e. The Bertz CT molecular complexity index is 1430. The van der Waals surface area contributed by atoms with Gasteiger partial charge in [-0.25, -0.2) is 0 Å². The van der Waals surface area contributed by atoms with Crippen molar-refractivity contribution in [2.45, 2.75) is 25.4 Å². The maximum Gasteiger partial charge on any atom is 0.262 e. The zero-order valence-electron chi connectivity index (χ0n) is 20.0. The number of carbonyl (C=O) groups is 5. The van der Waals surface area contributed by atoms with Gasteiger partial charge in [0.2, 0.25) is 11.8 Å². The molecule has 0 aromatic heterocycles. The minimum absolute atomic E-state index is 0.0801. The molecular formula is C28H24N4O5. The van der Waals surface area contributed by atoms with Gasteiger partial charge in [-0.05, 0) is 53.4 Å². The van der Waals surface area contributed by atoms with Crippen molar-refractivity contribution in [3.8, 4) is 11.1 Å². The molecule has 1 atom stereocenters. The second-order valence-corrected chi connectivity index (χ2v) is 8.91. The first kappa shape index (κ1) is 23.9. The quantitative estimate of drug-likeness (QED) is 0.451. The topological polar surface area (TPSA) is 125 Å². The molecule has 9 nitrogen and oxygen atoms in total. The summed E-state index contributed by atoms with van der Waals surface area (Å²) in [6.45, 7) is 0.494. The molecule has 2 heterocycles. The number of nitrogens with one attached hydrogen (secondary N) is 3. The molecule has 9 heteroatoms. The number of hydrogen-bond donors (Lipinski definition) is 3. The van der Waals surface area contributed by atoms with E-state index in [2.05, 4.69) is 16.0 Å². The highest BCUT2D eigenvalue weighted by atomic mass is 16.2. The van der Waals surface area contributed by atoms with Crippen molar-refractivity contribution < 1.29 is 24.0 Å². The molecule has 1 fully saturated rings. The van der Waals surface area contributed by atoms with Gasteiger partial charge in [0, 0.05) is 31.3 Å². The lowest BCUT2D eigenvalue weighted by Crippen LogP contribution is -2.54.